The Labute approximate surface area is 99.2 Å². The number of rotatable bonds is 1. The van der Waals surface area contributed by atoms with Gasteiger partial charge in [-0.3, -0.25) is 4.79 Å². The van der Waals surface area contributed by atoms with Crippen molar-refractivity contribution in [2.24, 2.45) is 11.7 Å². The molecule has 0 saturated carbocycles. The lowest BCUT2D eigenvalue weighted by molar-refractivity contribution is -0.122. The molecular weight excluding hydrogens is 219 g/mol. The zero-order valence-electron chi connectivity index (χ0n) is 9.50. The Hall–Kier alpha value is -1.42. The zero-order chi connectivity index (χ0) is 12.0. The Balaban J connectivity index is 2.13. The van der Waals surface area contributed by atoms with Gasteiger partial charge in [-0.2, -0.15) is 0 Å². The summed E-state index contributed by atoms with van der Waals surface area (Å²) >= 11 is 0. The van der Waals surface area contributed by atoms with Crippen molar-refractivity contribution in [3.05, 3.63) is 35.1 Å². The van der Waals surface area contributed by atoms with E-state index in [1.165, 1.54) is 6.07 Å². The lowest BCUT2D eigenvalue weighted by Crippen LogP contribution is -2.40. The van der Waals surface area contributed by atoms with Crippen LogP contribution in [0.5, 0.6) is 0 Å². The average molecular weight is 234 g/mol. The summed E-state index contributed by atoms with van der Waals surface area (Å²) in [6, 6.07) is 5.14. The minimum Gasteiger partial charge on any atom is -0.369 e. The molecule has 1 aromatic rings. The fourth-order valence-corrected chi connectivity index (χ4v) is 3.44. The number of carbonyl (C=O) groups excluding carboxylic acids is 1. The van der Waals surface area contributed by atoms with Gasteiger partial charge in [-0.25, -0.2) is 4.39 Å². The van der Waals surface area contributed by atoms with E-state index < -0.39 is 0 Å². The number of carbonyl (C=O) groups is 1. The van der Waals surface area contributed by atoms with E-state index in [2.05, 4.69) is 5.32 Å². The van der Waals surface area contributed by atoms with E-state index in [1.54, 1.807) is 6.07 Å². The number of benzene rings is 1. The number of nitrogens with two attached hydrogens (primary N) is 1. The van der Waals surface area contributed by atoms with Gasteiger partial charge in [-0.15, -0.1) is 0 Å². The monoisotopic (exact) mass is 234 g/mol. The van der Waals surface area contributed by atoms with Gasteiger partial charge in [0.2, 0.25) is 5.91 Å². The molecule has 0 radical (unpaired) electrons. The van der Waals surface area contributed by atoms with Gasteiger partial charge < -0.3 is 11.1 Å². The standard InChI is InChI=1S/C13H15FN2O/c14-11-3-1-2-9-8(11)4-5-13(9)7-16-6-10(13)12(15)17/h1-3,10,16H,4-7H2,(H2,15,17). The summed E-state index contributed by atoms with van der Waals surface area (Å²) < 4.78 is 13.7. The second-order valence-electron chi connectivity index (χ2n) is 5.01. The number of fused-ring (bicyclic) bond motifs is 2. The molecule has 3 nitrogen and oxygen atoms in total. The zero-order valence-corrected chi connectivity index (χ0v) is 9.50. The van der Waals surface area contributed by atoms with Crippen molar-refractivity contribution in [2.45, 2.75) is 18.3 Å². The van der Waals surface area contributed by atoms with E-state index in [4.69, 9.17) is 5.73 Å². The van der Waals surface area contributed by atoms with Crippen LogP contribution in [-0.4, -0.2) is 19.0 Å². The van der Waals surface area contributed by atoms with E-state index in [9.17, 15) is 9.18 Å². The van der Waals surface area contributed by atoms with Crippen LogP contribution in [0.15, 0.2) is 18.2 Å². The maximum Gasteiger partial charge on any atom is 0.222 e. The van der Waals surface area contributed by atoms with Gasteiger partial charge in [0.05, 0.1) is 5.92 Å². The third-order valence-corrected chi connectivity index (χ3v) is 4.28. The number of hydrogen-bond donors (Lipinski definition) is 2. The first kappa shape index (κ1) is 10.7. The van der Waals surface area contributed by atoms with E-state index in [0.29, 0.717) is 13.0 Å². The molecule has 1 amide bonds. The van der Waals surface area contributed by atoms with Gasteiger partial charge in [0.15, 0.2) is 0 Å². The smallest absolute Gasteiger partial charge is 0.222 e. The van der Waals surface area contributed by atoms with Gasteiger partial charge in [-0.05, 0) is 30.0 Å². The maximum absolute atomic E-state index is 13.7. The van der Waals surface area contributed by atoms with Crippen LogP contribution in [0.3, 0.4) is 0 Å². The predicted octanol–water partition coefficient (Wildman–Crippen LogP) is 0.714. The summed E-state index contributed by atoms with van der Waals surface area (Å²) in [5.41, 5.74) is 6.94. The molecule has 2 aliphatic rings. The summed E-state index contributed by atoms with van der Waals surface area (Å²) in [5, 5.41) is 3.22. The minimum absolute atomic E-state index is 0.158. The molecule has 1 fully saturated rings. The third kappa shape index (κ3) is 1.33. The molecule has 1 aromatic carbocycles. The minimum atomic E-state index is -0.285. The largest absolute Gasteiger partial charge is 0.369 e. The van der Waals surface area contributed by atoms with Crippen LogP contribution < -0.4 is 11.1 Å². The topological polar surface area (TPSA) is 55.1 Å². The normalized spacial score (nSPS) is 30.8. The Kier molecular flexibility index (Phi) is 2.23. The van der Waals surface area contributed by atoms with Crippen LogP contribution in [-0.2, 0) is 16.6 Å². The summed E-state index contributed by atoms with van der Waals surface area (Å²) in [6.07, 6.45) is 1.51. The van der Waals surface area contributed by atoms with Crippen molar-refractivity contribution in [2.75, 3.05) is 13.1 Å². The highest BCUT2D eigenvalue weighted by atomic mass is 19.1. The molecule has 0 aromatic heterocycles. The van der Waals surface area contributed by atoms with E-state index in [1.807, 2.05) is 6.07 Å². The third-order valence-electron chi connectivity index (χ3n) is 4.28. The molecule has 17 heavy (non-hydrogen) atoms. The quantitative estimate of drug-likeness (QED) is 0.752. The summed E-state index contributed by atoms with van der Waals surface area (Å²) in [5.74, 6) is -0.660. The first-order chi connectivity index (χ1) is 8.15. The number of halogens is 1. The molecule has 1 heterocycles. The van der Waals surface area contributed by atoms with Gasteiger partial charge in [0.25, 0.3) is 0 Å². The van der Waals surface area contributed by atoms with Gasteiger partial charge in [0.1, 0.15) is 5.82 Å². The molecule has 1 aliphatic heterocycles. The average Bonchev–Trinajstić information content (AvgIpc) is 2.87. The molecule has 4 heteroatoms. The fourth-order valence-electron chi connectivity index (χ4n) is 3.44. The van der Waals surface area contributed by atoms with Crippen molar-refractivity contribution in [3.63, 3.8) is 0 Å². The van der Waals surface area contributed by atoms with Gasteiger partial charge in [0, 0.05) is 18.5 Å². The lowest BCUT2D eigenvalue weighted by atomic mass is 9.73. The Bertz CT molecular complexity index is 488. The molecule has 2 unspecified atom stereocenters. The summed E-state index contributed by atoms with van der Waals surface area (Å²) in [6.45, 7) is 1.32. The number of hydrogen-bond acceptors (Lipinski definition) is 2. The highest BCUT2D eigenvalue weighted by molar-refractivity contribution is 5.80. The Morgan fingerprint density at radius 2 is 2.35 bits per heavy atom. The van der Waals surface area contributed by atoms with Crippen molar-refractivity contribution in [1.82, 2.24) is 5.32 Å². The fraction of sp³-hybridized carbons (Fsp3) is 0.462. The molecule has 3 rings (SSSR count). The second-order valence-corrected chi connectivity index (χ2v) is 5.01. The van der Waals surface area contributed by atoms with Crippen LogP contribution >= 0.6 is 0 Å². The second kappa shape index (κ2) is 3.53. The number of nitrogens with one attached hydrogen (secondary N) is 1. The molecular formula is C13H15FN2O. The maximum atomic E-state index is 13.7. The van der Waals surface area contributed by atoms with Crippen molar-refractivity contribution >= 4 is 5.91 Å². The number of amides is 1. The van der Waals surface area contributed by atoms with Crippen LogP contribution in [0.1, 0.15) is 17.5 Å². The first-order valence-electron chi connectivity index (χ1n) is 5.93. The predicted molar refractivity (Wildman–Crippen MR) is 62.0 cm³/mol. The Morgan fingerprint density at radius 1 is 1.53 bits per heavy atom. The van der Waals surface area contributed by atoms with Crippen molar-refractivity contribution < 1.29 is 9.18 Å². The van der Waals surface area contributed by atoms with Crippen molar-refractivity contribution in [3.8, 4) is 0 Å². The first-order valence-corrected chi connectivity index (χ1v) is 5.93. The Morgan fingerprint density at radius 3 is 3.12 bits per heavy atom. The SMILES string of the molecule is NC(=O)C1CNCC12CCc1c(F)cccc12. The highest BCUT2D eigenvalue weighted by Gasteiger charge is 2.51. The molecule has 1 saturated heterocycles. The van der Waals surface area contributed by atoms with Gasteiger partial charge >= 0.3 is 0 Å². The van der Waals surface area contributed by atoms with Crippen LogP contribution in [0.4, 0.5) is 4.39 Å². The summed E-state index contributed by atoms with van der Waals surface area (Å²) in [4.78, 5) is 11.5. The van der Waals surface area contributed by atoms with Gasteiger partial charge in [-0.1, -0.05) is 12.1 Å². The van der Waals surface area contributed by atoms with Crippen LogP contribution in [0, 0.1) is 11.7 Å². The highest BCUT2D eigenvalue weighted by Crippen LogP contribution is 2.46. The molecule has 2 atom stereocenters. The number of primary amides is 1. The molecule has 1 spiro atoms. The van der Waals surface area contributed by atoms with Crippen molar-refractivity contribution in [1.29, 1.82) is 0 Å². The van der Waals surface area contributed by atoms with E-state index in [-0.39, 0.29) is 23.1 Å². The lowest BCUT2D eigenvalue weighted by Gasteiger charge is -2.29. The van der Waals surface area contributed by atoms with E-state index in [0.717, 1.165) is 24.1 Å². The van der Waals surface area contributed by atoms with E-state index >= 15 is 0 Å². The summed E-state index contributed by atoms with van der Waals surface area (Å²) in [7, 11) is 0. The molecule has 90 valence electrons. The van der Waals surface area contributed by atoms with Crippen LogP contribution in [0.2, 0.25) is 0 Å². The molecule has 1 aliphatic carbocycles. The molecule has 3 N–H and O–H groups in total. The molecule has 0 bridgehead atoms. The van der Waals surface area contributed by atoms with Crippen LogP contribution in [0.25, 0.3) is 0 Å².